The van der Waals surface area contributed by atoms with Gasteiger partial charge in [0.25, 0.3) is 5.91 Å². The Morgan fingerprint density at radius 1 is 1.59 bits per heavy atom. The molecular formula is C12H16N2O2S. The highest BCUT2D eigenvalue weighted by atomic mass is 32.1. The summed E-state index contributed by atoms with van der Waals surface area (Å²) in [5.74, 6) is 0.333. The largest absolute Gasteiger partial charge is 0.390 e. The second kappa shape index (κ2) is 4.07. The number of rotatable bonds is 2. The number of amides is 1. The van der Waals surface area contributed by atoms with Crippen LogP contribution in [-0.4, -0.2) is 39.0 Å². The molecule has 1 aromatic heterocycles. The molecule has 17 heavy (non-hydrogen) atoms. The zero-order valence-corrected chi connectivity index (χ0v) is 10.4. The second-order valence-corrected chi connectivity index (χ2v) is 5.76. The van der Waals surface area contributed by atoms with Gasteiger partial charge in [-0.15, -0.1) is 0 Å². The molecule has 0 bridgehead atoms. The van der Waals surface area contributed by atoms with E-state index in [9.17, 15) is 9.90 Å². The van der Waals surface area contributed by atoms with Gasteiger partial charge in [0.05, 0.1) is 17.4 Å². The average Bonchev–Trinajstić information content (AvgIpc) is 2.92. The quantitative estimate of drug-likeness (QED) is 0.868. The summed E-state index contributed by atoms with van der Waals surface area (Å²) in [5.41, 5.74) is 0.213. The highest BCUT2D eigenvalue weighted by Gasteiger charge is 2.49. The Labute approximate surface area is 104 Å². The molecule has 1 unspecified atom stereocenters. The Bertz CT molecular complexity index is 414. The van der Waals surface area contributed by atoms with Crippen molar-refractivity contribution < 1.29 is 9.90 Å². The van der Waals surface area contributed by atoms with E-state index in [0.717, 1.165) is 32.2 Å². The molecule has 1 atom stereocenters. The molecule has 4 nitrogen and oxygen atoms in total. The third kappa shape index (κ3) is 2.09. The summed E-state index contributed by atoms with van der Waals surface area (Å²) in [7, 11) is 0. The summed E-state index contributed by atoms with van der Waals surface area (Å²) >= 11 is 1.30. The highest BCUT2D eigenvalue weighted by Crippen LogP contribution is 2.45. The topological polar surface area (TPSA) is 53.4 Å². The molecular weight excluding hydrogens is 236 g/mol. The van der Waals surface area contributed by atoms with Crippen molar-refractivity contribution in [3.05, 3.63) is 17.1 Å². The molecule has 1 aliphatic heterocycles. The maximum atomic E-state index is 12.2. The van der Waals surface area contributed by atoms with E-state index in [1.807, 2.05) is 4.90 Å². The van der Waals surface area contributed by atoms with Crippen molar-refractivity contribution >= 4 is 17.4 Å². The Morgan fingerprint density at radius 2 is 2.41 bits per heavy atom. The van der Waals surface area contributed by atoms with Gasteiger partial charge in [-0.3, -0.25) is 4.79 Å². The summed E-state index contributed by atoms with van der Waals surface area (Å²) in [4.78, 5) is 14.0. The summed E-state index contributed by atoms with van der Waals surface area (Å²) in [6, 6.07) is 0. The molecule has 1 saturated heterocycles. The maximum Gasteiger partial charge on any atom is 0.256 e. The molecule has 0 radical (unpaired) electrons. The molecule has 1 aliphatic carbocycles. The minimum Gasteiger partial charge on any atom is -0.390 e. The van der Waals surface area contributed by atoms with Crippen LogP contribution in [-0.2, 0) is 0 Å². The first-order valence-electron chi connectivity index (χ1n) is 6.10. The number of nitrogens with zero attached hydrogens (tertiary/aromatic N) is 2. The number of hydrogen-bond acceptors (Lipinski definition) is 4. The molecule has 1 aromatic rings. The van der Waals surface area contributed by atoms with E-state index in [0.29, 0.717) is 12.1 Å². The van der Waals surface area contributed by atoms with E-state index in [-0.39, 0.29) is 11.8 Å². The highest BCUT2D eigenvalue weighted by molar-refractivity contribution is 7.03. The fourth-order valence-electron chi connectivity index (χ4n) is 2.63. The SMILES string of the molecule is O=C(c1cnsc1)N1CCCC(C2(O)CC2)C1. The van der Waals surface area contributed by atoms with E-state index in [2.05, 4.69) is 4.37 Å². The van der Waals surface area contributed by atoms with Crippen LogP contribution in [0.25, 0.3) is 0 Å². The van der Waals surface area contributed by atoms with Gasteiger partial charge in [-0.05, 0) is 37.2 Å². The Balaban J connectivity index is 1.69. The van der Waals surface area contributed by atoms with Crippen molar-refractivity contribution in [2.24, 2.45) is 5.92 Å². The minimum absolute atomic E-state index is 0.0627. The summed E-state index contributed by atoms with van der Waals surface area (Å²) in [6.07, 6.45) is 5.47. The van der Waals surface area contributed by atoms with Crippen LogP contribution in [0.15, 0.2) is 11.6 Å². The number of aliphatic hydroxyl groups is 1. The molecule has 3 rings (SSSR count). The van der Waals surface area contributed by atoms with Gasteiger partial charge in [0.1, 0.15) is 0 Å². The van der Waals surface area contributed by atoms with Crippen LogP contribution in [0.2, 0.25) is 0 Å². The molecule has 2 heterocycles. The van der Waals surface area contributed by atoms with Gasteiger partial charge in [0.2, 0.25) is 0 Å². The van der Waals surface area contributed by atoms with Crippen LogP contribution in [0.4, 0.5) is 0 Å². The van der Waals surface area contributed by atoms with Gasteiger partial charge in [-0.1, -0.05) is 0 Å². The standard InChI is InChI=1S/C12H16N2O2S/c15-11(9-6-13-17-8-9)14-5-1-2-10(7-14)12(16)3-4-12/h6,8,10,16H,1-5,7H2. The van der Waals surface area contributed by atoms with E-state index in [1.54, 1.807) is 11.6 Å². The van der Waals surface area contributed by atoms with Crippen molar-refractivity contribution in [1.82, 2.24) is 9.27 Å². The fraction of sp³-hybridized carbons (Fsp3) is 0.667. The zero-order chi connectivity index (χ0) is 11.9. The van der Waals surface area contributed by atoms with Crippen LogP contribution >= 0.6 is 11.5 Å². The van der Waals surface area contributed by atoms with Crippen LogP contribution < -0.4 is 0 Å². The van der Waals surface area contributed by atoms with E-state index in [1.165, 1.54) is 11.5 Å². The predicted octanol–water partition coefficient (Wildman–Crippen LogP) is 1.52. The van der Waals surface area contributed by atoms with Crippen molar-refractivity contribution in [3.8, 4) is 0 Å². The van der Waals surface area contributed by atoms with Gasteiger partial charge in [0.15, 0.2) is 0 Å². The zero-order valence-electron chi connectivity index (χ0n) is 9.63. The van der Waals surface area contributed by atoms with Gasteiger partial charge >= 0.3 is 0 Å². The van der Waals surface area contributed by atoms with Gasteiger partial charge in [-0.25, -0.2) is 4.37 Å². The Kier molecular flexibility index (Phi) is 2.67. The third-order valence-electron chi connectivity index (χ3n) is 3.91. The third-order valence-corrected chi connectivity index (χ3v) is 4.50. The van der Waals surface area contributed by atoms with E-state index < -0.39 is 5.60 Å². The van der Waals surface area contributed by atoms with E-state index in [4.69, 9.17) is 0 Å². The van der Waals surface area contributed by atoms with Gasteiger partial charge < -0.3 is 10.0 Å². The molecule has 2 aliphatic rings. The fourth-order valence-corrected chi connectivity index (χ4v) is 3.14. The minimum atomic E-state index is -0.466. The van der Waals surface area contributed by atoms with Crippen LogP contribution in [0, 0.1) is 5.92 Å². The lowest BCUT2D eigenvalue weighted by Gasteiger charge is -2.35. The average molecular weight is 252 g/mol. The molecule has 1 N–H and O–H groups in total. The first kappa shape index (κ1) is 11.2. The van der Waals surface area contributed by atoms with Crippen molar-refractivity contribution in [1.29, 1.82) is 0 Å². The lowest BCUT2D eigenvalue weighted by atomic mass is 9.90. The lowest BCUT2D eigenvalue weighted by Crippen LogP contribution is -2.44. The van der Waals surface area contributed by atoms with Gasteiger partial charge in [-0.2, -0.15) is 0 Å². The van der Waals surface area contributed by atoms with E-state index >= 15 is 0 Å². The number of likely N-dealkylation sites (tertiary alicyclic amines) is 1. The maximum absolute atomic E-state index is 12.2. The predicted molar refractivity (Wildman–Crippen MR) is 64.9 cm³/mol. The van der Waals surface area contributed by atoms with Crippen molar-refractivity contribution in [3.63, 3.8) is 0 Å². The molecule has 5 heteroatoms. The molecule has 0 spiro atoms. The number of aromatic nitrogens is 1. The van der Waals surface area contributed by atoms with Crippen LogP contribution in [0.3, 0.4) is 0 Å². The smallest absolute Gasteiger partial charge is 0.256 e. The summed E-state index contributed by atoms with van der Waals surface area (Å²) in [6.45, 7) is 1.51. The molecule has 1 saturated carbocycles. The summed E-state index contributed by atoms with van der Waals surface area (Å²) in [5, 5.41) is 11.9. The molecule has 1 amide bonds. The second-order valence-electron chi connectivity index (χ2n) is 5.11. The van der Waals surface area contributed by atoms with Crippen molar-refractivity contribution in [2.75, 3.05) is 13.1 Å². The lowest BCUT2D eigenvalue weighted by molar-refractivity contribution is 0.0282. The van der Waals surface area contributed by atoms with Crippen molar-refractivity contribution in [2.45, 2.75) is 31.3 Å². The van der Waals surface area contributed by atoms with Gasteiger partial charge in [0, 0.05) is 24.4 Å². The number of hydrogen-bond donors (Lipinski definition) is 1. The van der Waals surface area contributed by atoms with Crippen LogP contribution in [0.5, 0.6) is 0 Å². The molecule has 0 aromatic carbocycles. The first-order valence-corrected chi connectivity index (χ1v) is 6.94. The van der Waals surface area contributed by atoms with Crippen LogP contribution in [0.1, 0.15) is 36.0 Å². The Morgan fingerprint density at radius 3 is 3.06 bits per heavy atom. The number of carbonyl (C=O) groups excluding carboxylic acids is 1. The monoisotopic (exact) mass is 252 g/mol. The first-order chi connectivity index (χ1) is 8.19. The summed E-state index contributed by atoms with van der Waals surface area (Å²) < 4.78 is 3.96. The molecule has 2 fully saturated rings. The number of piperidine rings is 1. The number of carbonyl (C=O) groups is 1. The molecule has 92 valence electrons. The normalized spacial score (nSPS) is 26.9. The Hall–Kier alpha value is -0.940.